The Bertz CT molecular complexity index is 1080. The Kier molecular flexibility index (Phi) is 7.23. The number of esters is 1. The van der Waals surface area contributed by atoms with Gasteiger partial charge in [0.05, 0.1) is 36.1 Å². The summed E-state index contributed by atoms with van der Waals surface area (Å²) in [5.41, 5.74) is 0.713. The Morgan fingerprint density at radius 3 is 2.09 bits per heavy atom. The van der Waals surface area contributed by atoms with Gasteiger partial charge in [-0.05, 0) is 18.1 Å². The van der Waals surface area contributed by atoms with Crippen LogP contribution in [0.25, 0.3) is 0 Å². The lowest BCUT2D eigenvalue weighted by atomic mass is 10.0. The number of hydrogen-bond donors (Lipinski definition) is 1. The number of carbonyl (C=O) groups excluding carboxylic acids is 4. The quantitative estimate of drug-likeness (QED) is 0.462. The van der Waals surface area contributed by atoms with Crippen LogP contribution < -0.4 is 14.8 Å². The lowest BCUT2D eigenvalue weighted by Crippen LogP contribution is -2.49. The largest absolute Gasteiger partial charge is 0.495 e. The molecule has 0 radical (unpaired) electrons. The van der Waals surface area contributed by atoms with Crippen molar-refractivity contribution in [3.05, 3.63) is 52.5 Å². The lowest BCUT2D eigenvalue weighted by Gasteiger charge is -2.27. The number of methoxy groups -OCH3 is 2. The van der Waals surface area contributed by atoms with Crippen LogP contribution >= 0.6 is 11.6 Å². The highest BCUT2D eigenvalue weighted by Gasteiger charge is 2.44. The molecule has 1 N–H and O–H groups in total. The molecule has 33 heavy (non-hydrogen) atoms. The van der Waals surface area contributed by atoms with Crippen LogP contribution in [-0.4, -0.2) is 55.5 Å². The fourth-order valence-electron chi connectivity index (χ4n) is 3.50. The van der Waals surface area contributed by atoms with Gasteiger partial charge in [0.2, 0.25) is 0 Å². The number of carbonyl (C=O) groups is 4. The molecule has 174 valence electrons. The summed E-state index contributed by atoms with van der Waals surface area (Å²) in [6.07, 6.45) is 0. The monoisotopic (exact) mass is 474 g/mol. The number of benzene rings is 2. The maximum atomic E-state index is 12.8. The van der Waals surface area contributed by atoms with Crippen LogP contribution in [-0.2, 0) is 14.3 Å². The molecule has 10 heteroatoms. The smallest absolute Gasteiger partial charge is 0.330 e. The summed E-state index contributed by atoms with van der Waals surface area (Å²) >= 11 is 6.06. The molecule has 0 fully saturated rings. The number of halogens is 1. The van der Waals surface area contributed by atoms with Crippen molar-refractivity contribution in [2.24, 2.45) is 5.92 Å². The molecule has 3 rings (SSSR count). The number of imide groups is 1. The Balaban J connectivity index is 1.71. The van der Waals surface area contributed by atoms with Gasteiger partial charge in [-0.3, -0.25) is 19.3 Å². The van der Waals surface area contributed by atoms with Gasteiger partial charge in [-0.1, -0.05) is 37.6 Å². The summed E-state index contributed by atoms with van der Waals surface area (Å²) in [6, 6.07) is 8.09. The third-order valence-corrected chi connectivity index (χ3v) is 5.37. The topological polar surface area (TPSA) is 111 Å². The van der Waals surface area contributed by atoms with E-state index < -0.39 is 42.3 Å². The second kappa shape index (κ2) is 9.91. The molecular formula is C23H23ClN2O7. The Morgan fingerprint density at radius 1 is 1.00 bits per heavy atom. The molecule has 1 heterocycles. The van der Waals surface area contributed by atoms with Gasteiger partial charge in [0, 0.05) is 12.1 Å². The molecule has 0 bridgehead atoms. The van der Waals surface area contributed by atoms with E-state index in [9.17, 15) is 19.2 Å². The zero-order chi connectivity index (χ0) is 24.3. The number of hydrogen-bond acceptors (Lipinski definition) is 7. The number of nitrogens with one attached hydrogen (secondary N) is 1. The Labute approximate surface area is 195 Å². The number of fused-ring (bicyclic) bond motifs is 1. The first-order valence-electron chi connectivity index (χ1n) is 10.0. The van der Waals surface area contributed by atoms with Crippen molar-refractivity contribution >= 4 is 41.0 Å². The van der Waals surface area contributed by atoms with Gasteiger partial charge in [-0.15, -0.1) is 0 Å². The van der Waals surface area contributed by atoms with Gasteiger partial charge in [0.25, 0.3) is 17.7 Å². The average molecular weight is 475 g/mol. The van der Waals surface area contributed by atoms with Gasteiger partial charge in [0.1, 0.15) is 17.5 Å². The molecule has 1 atom stereocenters. The average Bonchev–Trinajstić information content (AvgIpc) is 3.04. The first-order valence-corrected chi connectivity index (χ1v) is 10.4. The summed E-state index contributed by atoms with van der Waals surface area (Å²) in [4.78, 5) is 51.7. The van der Waals surface area contributed by atoms with E-state index >= 15 is 0 Å². The summed E-state index contributed by atoms with van der Waals surface area (Å²) < 4.78 is 15.5. The first-order chi connectivity index (χ1) is 15.7. The summed E-state index contributed by atoms with van der Waals surface area (Å²) in [5.74, 6) is -2.51. The third kappa shape index (κ3) is 4.78. The van der Waals surface area contributed by atoms with E-state index in [2.05, 4.69) is 5.32 Å². The standard InChI is InChI=1S/C23H23ClN2O7/c1-12(2)20(26-21(28)13-7-5-6-8-14(13)22(26)29)23(30)33-11-19(27)25-16-10-17(31-3)15(24)9-18(16)32-4/h5-10,12,20H,11H2,1-4H3,(H,25,27)/t20-/m0/s1. The van der Waals surface area contributed by atoms with Crippen LogP contribution in [0.15, 0.2) is 36.4 Å². The van der Waals surface area contributed by atoms with Gasteiger partial charge >= 0.3 is 5.97 Å². The van der Waals surface area contributed by atoms with Crippen molar-refractivity contribution in [1.82, 2.24) is 4.90 Å². The van der Waals surface area contributed by atoms with Gasteiger partial charge in [0.15, 0.2) is 6.61 Å². The zero-order valence-electron chi connectivity index (χ0n) is 18.5. The molecule has 0 saturated carbocycles. The maximum Gasteiger partial charge on any atom is 0.330 e. The molecule has 9 nitrogen and oxygen atoms in total. The number of rotatable bonds is 8. The molecule has 0 aromatic heterocycles. The predicted octanol–water partition coefficient (Wildman–Crippen LogP) is 3.16. The summed E-state index contributed by atoms with van der Waals surface area (Å²) in [6.45, 7) is 2.72. The van der Waals surface area contributed by atoms with E-state index in [1.54, 1.807) is 26.0 Å². The molecular weight excluding hydrogens is 452 g/mol. The second-order valence-corrected chi connectivity index (χ2v) is 7.96. The second-order valence-electron chi connectivity index (χ2n) is 7.56. The highest BCUT2D eigenvalue weighted by molar-refractivity contribution is 6.32. The maximum absolute atomic E-state index is 12.8. The minimum absolute atomic E-state index is 0.225. The van der Waals surface area contributed by atoms with Crippen LogP contribution in [0.1, 0.15) is 34.6 Å². The third-order valence-electron chi connectivity index (χ3n) is 5.07. The molecule has 2 aromatic carbocycles. The molecule has 1 aliphatic rings. The SMILES string of the molecule is COc1cc(NC(=O)COC(=O)[C@H](C(C)C)N2C(=O)c3ccccc3C2=O)c(OC)cc1Cl. The number of anilines is 1. The molecule has 1 aliphatic heterocycles. The zero-order valence-corrected chi connectivity index (χ0v) is 19.3. The molecule has 0 unspecified atom stereocenters. The van der Waals surface area contributed by atoms with Crippen LogP contribution in [0, 0.1) is 5.92 Å². The lowest BCUT2D eigenvalue weighted by molar-refractivity contribution is -0.152. The van der Waals surface area contributed by atoms with E-state index in [1.807, 2.05) is 0 Å². The Hall–Kier alpha value is -3.59. The van der Waals surface area contributed by atoms with Crippen LogP contribution in [0.3, 0.4) is 0 Å². The number of nitrogens with zero attached hydrogens (tertiary/aromatic N) is 1. The van der Waals surface area contributed by atoms with Crippen LogP contribution in [0.4, 0.5) is 5.69 Å². The summed E-state index contributed by atoms with van der Waals surface area (Å²) in [5, 5.41) is 2.85. The van der Waals surface area contributed by atoms with Gasteiger partial charge < -0.3 is 19.5 Å². The van der Waals surface area contributed by atoms with Crippen molar-refractivity contribution in [2.45, 2.75) is 19.9 Å². The van der Waals surface area contributed by atoms with Gasteiger partial charge in [-0.2, -0.15) is 0 Å². The highest BCUT2D eigenvalue weighted by atomic mass is 35.5. The minimum Gasteiger partial charge on any atom is -0.495 e. The van der Waals surface area contributed by atoms with Crippen molar-refractivity contribution in [3.63, 3.8) is 0 Å². The van der Waals surface area contributed by atoms with E-state index in [0.717, 1.165) is 4.90 Å². The van der Waals surface area contributed by atoms with Crippen LogP contribution in [0.2, 0.25) is 5.02 Å². The minimum atomic E-state index is -1.18. The van der Waals surface area contributed by atoms with Crippen LogP contribution in [0.5, 0.6) is 11.5 Å². The van der Waals surface area contributed by atoms with E-state index in [1.165, 1.54) is 38.5 Å². The molecule has 0 saturated heterocycles. The van der Waals surface area contributed by atoms with E-state index in [4.69, 9.17) is 25.8 Å². The number of ether oxygens (including phenoxy) is 3. The molecule has 2 aromatic rings. The fourth-order valence-corrected chi connectivity index (χ4v) is 3.73. The highest BCUT2D eigenvalue weighted by Crippen LogP contribution is 2.36. The fraction of sp³-hybridized carbons (Fsp3) is 0.304. The van der Waals surface area contributed by atoms with Crippen molar-refractivity contribution in [1.29, 1.82) is 0 Å². The van der Waals surface area contributed by atoms with Crippen molar-refractivity contribution in [3.8, 4) is 11.5 Å². The molecule has 0 spiro atoms. The first kappa shape index (κ1) is 24.1. The normalized spacial score (nSPS) is 13.6. The van der Waals surface area contributed by atoms with Crippen molar-refractivity contribution in [2.75, 3.05) is 26.1 Å². The Morgan fingerprint density at radius 2 is 1.58 bits per heavy atom. The van der Waals surface area contributed by atoms with E-state index in [-0.39, 0.29) is 22.6 Å². The molecule has 3 amide bonds. The summed E-state index contributed by atoms with van der Waals surface area (Å²) in [7, 11) is 2.83. The predicted molar refractivity (Wildman–Crippen MR) is 120 cm³/mol. The number of amides is 3. The van der Waals surface area contributed by atoms with Crippen molar-refractivity contribution < 1.29 is 33.4 Å². The molecule has 0 aliphatic carbocycles. The van der Waals surface area contributed by atoms with Gasteiger partial charge in [-0.25, -0.2) is 4.79 Å². The van der Waals surface area contributed by atoms with E-state index in [0.29, 0.717) is 10.8 Å².